The molecule has 1 aromatic rings. The summed E-state index contributed by atoms with van der Waals surface area (Å²) in [7, 11) is 1.43. The highest BCUT2D eigenvalue weighted by Gasteiger charge is 2.37. The second-order valence-electron chi connectivity index (χ2n) is 3.49. The number of carboxylic acid groups (broad SMARTS) is 1. The molecule has 2 unspecified atom stereocenters. The predicted octanol–water partition coefficient (Wildman–Crippen LogP) is 1.22. The molecule has 0 aliphatic rings. The van der Waals surface area contributed by atoms with E-state index in [2.05, 4.69) is 0 Å². The van der Waals surface area contributed by atoms with Gasteiger partial charge in [-0.25, -0.2) is 4.79 Å². The fourth-order valence-electron chi connectivity index (χ4n) is 1.28. The van der Waals surface area contributed by atoms with Gasteiger partial charge >= 0.3 is 5.97 Å². The summed E-state index contributed by atoms with van der Waals surface area (Å²) in [6.07, 6.45) is 0.664. The van der Waals surface area contributed by atoms with Crippen molar-refractivity contribution in [2.24, 2.45) is 0 Å². The summed E-state index contributed by atoms with van der Waals surface area (Å²) in [6.45, 7) is 3.08. The summed E-state index contributed by atoms with van der Waals surface area (Å²) in [6, 6.07) is 1.30. The van der Waals surface area contributed by atoms with E-state index >= 15 is 0 Å². The highest BCUT2D eigenvalue weighted by molar-refractivity contribution is 5.89. The minimum Gasteiger partial charge on any atom is -0.478 e. The van der Waals surface area contributed by atoms with Crippen LogP contribution in [0.25, 0.3) is 0 Å². The van der Waals surface area contributed by atoms with Gasteiger partial charge in [0, 0.05) is 7.11 Å². The number of carbonyl (C=O) groups is 1. The first-order valence-electron chi connectivity index (χ1n) is 4.47. The van der Waals surface area contributed by atoms with Crippen LogP contribution < -0.4 is 0 Å². The summed E-state index contributed by atoms with van der Waals surface area (Å²) < 4.78 is 9.97. The number of aromatic carboxylic acids is 1. The first-order valence-corrected chi connectivity index (χ1v) is 4.47. The minimum absolute atomic E-state index is 0.00403. The van der Waals surface area contributed by atoms with Gasteiger partial charge in [0.1, 0.15) is 11.2 Å². The number of rotatable bonds is 4. The summed E-state index contributed by atoms with van der Waals surface area (Å²) in [5.41, 5.74) is -1.52. The number of methoxy groups -OCH3 is 1. The Hall–Kier alpha value is -1.33. The Morgan fingerprint density at radius 3 is 2.73 bits per heavy atom. The van der Waals surface area contributed by atoms with Crippen LogP contribution >= 0.6 is 0 Å². The average molecular weight is 214 g/mol. The number of aliphatic hydroxyl groups is 1. The first kappa shape index (κ1) is 11.7. The zero-order valence-electron chi connectivity index (χ0n) is 8.85. The molecule has 0 spiro atoms. The van der Waals surface area contributed by atoms with Gasteiger partial charge in [0.15, 0.2) is 5.76 Å². The van der Waals surface area contributed by atoms with Crippen molar-refractivity contribution < 1.29 is 24.2 Å². The molecular weight excluding hydrogens is 200 g/mol. The van der Waals surface area contributed by atoms with Gasteiger partial charge in [0.05, 0.1) is 12.4 Å². The zero-order chi connectivity index (χ0) is 11.6. The third-order valence-corrected chi connectivity index (χ3v) is 2.50. The van der Waals surface area contributed by atoms with Crippen molar-refractivity contribution in [3.63, 3.8) is 0 Å². The van der Waals surface area contributed by atoms with Crippen LogP contribution in [0.15, 0.2) is 16.7 Å². The molecule has 1 heterocycles. The lowest BCUT2D eigenvalue weighted by Crippen LogP contribution is -2.36. The minimum atomic E-state index is -1.47. The maximum atomic E-state index is 10.8. The van der Waals surface area contributed by atoms with E-state index in [1.165, 1.54) is 26.4 Å². The van der Waals surface area contributed by atoms with E-state index in [4.69, 9.17) is 14.3 Å². The molecule has 0 amide bonds. The predicted molar refractivity (Wildman–Crippen MR) is 51.7 cm³/mol. The van der Waals surface area contributed by atoms with Gasteiger partial charge in [0.2, 0.25) is 0 Å². The lowest BCUT2D eigenvalue weighted by atomic mass is 9.94. The number of hydrogen-bond donors (Lipinski definition) is 2. The van der Waals surface area contributed by atoms with Gasteiger partial charge in [-0.15, -0.1) is 0 Å². The molecule has 5 nitrogen and oxygen atoms in total. The Bertz CT molecular complexity index is 352. The Morgan fingerprint density at radius 2 is 2.27 bits per heavy atom. The molecule has 2 N–H and O–H groups in total. The smallest absolute Gasteiger partial charge is 0.339 e. The van der Waals surface area contributed by atoms with Crippen molar-refractivity contribution >= 4 is 5.97 Å². The highest BCUT2D eigenvalue weighted by Crippen LogP contribution is 2.29. The van der Waals surface area contributed by atoms with E-state index in [1.807, 2.05) is 0 Å². The lowest BCUT2D eigenvalue weighted by molar-refractivity contribution is -0.0897. The molecule has 1 rings (SSSR count). The van der Waals surface area contributed by atoms with Crippen LogP contribution in [0.5, 0.6) is 0 Å². The highest BCUT2D eigenvalue weighted by atomic mass is 16.5. The number of ether oxygens (including phenoxy) is 1. The third kappa shape index (κ3) is 2.03. The fraction of sp³-hybridized carbons (Fsp3) is 0.500. The molecule has 0 aliphatic carbocycles. The third-order valence-electron chi connectivity index (χ3n) is 2.50. The molecule has 0 saturated heterocycles. The van der Waals surface area contributed by atoms with Crippen LogP contribution in [-0.2, 0) is 10.3 Å². The Kier molecular flexibility index (Phi) is 3.16. The fourth-order valence-corrected chi connectivity index (χ4v) is 1.28. The van der Waals surface area contributed by atoms with E-state index in [0.717, 1.165) is 0 Å². The van der Waals surface area contributed by atoms with E-state index < -0.39 is 17.7 Å². The lowest BCUT2D eigenvalue weighted by Gasteiger charge is -2.27. The van der Waals surface area contributed by atoms with Crippen LogP contribution in [0.2, 0.25) is 0 Å². The van der Waals surface area contributed by atoms with E-state index in [1.54, 1.807) is 6.92 Å². The van der Waals surface area contributed by atoms with Crippen LogP contribution in [0.3, 0.4) is 0 Å². The topological polar surface area (TPSA) is 79.9 Å². The number of carboxylic acids is 1. The number of furan rings is 1. The molecule has 1 aromatic heterocycles. The van der Waals surface area contributed by atoms with Crippen molar-refractivity contribution in [1.29, 1.82) is 0 Å². The van der Waals surface area contributed by atoms with Crippen molar-refractivity contribution in [1.82, 2.24) is 0 Å². The molecule has 2 atom stereocenters. The van der Waals surface area contributed by atoms with Crippen LogP contribution in [0, 0.1) is 0 Å². The van der Waals surface area contributed by atoms with Crippen molar-refractivity contribution in [2.75, 3.05) is 7.11 Å². The molecule has 84 valence electrons. The SMILES string of the molecule is COC(C)C(C)(O)c1occc1C(=O)O. The van der Waals surface area contributed by atoms with Crippen molar-refractivity contribution in [3.05, 3.63) is 23.7 Å². The van der Waals surface area contributed by atoms with Gasteiger partial charge in [-0.05, 0) is 19.9 Å². The molecule has 0 aromatic carbocycles. The molecule has 0 aliphatic heterocycles. The average Bonchev–Trinajstić information content (AvgIpc) is 2.65. The van der Waals surface area contributed by atoms with E-state index in [-0.39, 0.29) is 11.3 Å². The Balaban J connectivity index is 3.14. The number of hydrogen-bond acceptors (Lipinski definition) is 4. The summed E-state index contributed by atoms with van der Waals surface area (Å²) in [5.74, 6) is -1.13. The van der Waals surface area contributed by atoms with Crippen molar-refractivity contribution in [3.8, 4) is 0 Å². The molecule has 0 saturated carbocycles. The maximum Gasteiger partial charge on any atom is 0.339 e. The molecule has 0 bridgehead atoms. The van der Waals surface area contributed by atoms with Crippen LogP contribution in [-0.4, -0.2) is 29.4 Å². The van der Waals surface area contributed by atoms with Gasteiger partial charge < -0.3 is 19.4 Å². The van der Waals surface area contributed by atoms with Crippen LogP contribution in [0.4, 0.5) is 0 Å². The first-order chi connectivity index (χ1) is 6.91. The standard InChI is InChI=1S/C10H14O5/c1-6(14-3)10(2,13)8-7(9(11)12)4-5-15-8/h4-6,13H,1-3H3,(H,11,12). The van der Waals surface area contributed by atoms with Crippen molar-refractivity contribution in [2.45, 2.75) is 25.6 Å². The monoisotopic (exact) mass is 214 g/mol. The summed E-state index contributed by atoms with van der Waals surface area (Å²) in [4.78, 5) is 10.8. The van der Waals surface area contributed by atoms with Gasteiger partial charge in [-0.3, -0.25) is 0 Å². The normalized spacial score (nSPS) is 17.1. The zero-order valence-corrected chi connectivity index (χ0v) is 8.85. The van der Waals surface area contributed by atoms with E-state index in [0.29, 0.717) is 0 Å². The maximum absolute atomic E-state index is 10.8. The summed E-state index contributed by atoms with van der Waals surface area (Å²) >= 11 is 0. The molecule has 0 radical (unpaired) electrons. The summed E-state index contributed by atoms with van der Waals surface area (Å²) in [5, 5.41) is 19.0. The van der Waals surface area contributed by atoms with Gasteiger partial charge in [-0.2, -0.15) is 0 Å². The molecule has 15 heavy (non-hydrogen) atoms. The van der Waals surface area contributed by atoms with E-state index in [9.17, 15) is 9.90 Å². The van der Waals surface area contributed by atoms with Gasteiger partial charge in [-0.1, -0.05) is 0 Å². The molecular formula is C10H14O5. The molecule has 5 heteroatoms. The van der Waals surface area contributed by atoms with Gasteiger partial charge in [0.25, 0.3) is 0 Å². The second-order valence-corrected chi connectivity index (χ2v) is 3.49. The molecule has 0 fully saturated rings. The largest absolute Gasteiger partial charge is 0.478 e. The van der Waals surface area contributed by atoms with Crippen LogP contribution in [0.1, 0.15) is 30.0 Å². The second kappa shape index (κ2) is 4.04. The Morgan fingerprint density at radius 1 is 1.67 bits per heavy atom. The Labute approximate surface area is 87.3 Å². The quantitative estimate of drug-likeness (QED) is 0.787.